The summed E-state index contributed by atoms with van der Waals surface area (Å²) in [5, 5.41) is 22.0. The van der Waals surface area contributed by atoms with Gasteiger partial charge in [-0.05, 0) is 94.9 Å². The molecule has 23 nitrogen and oxygen atoms in total. The Labute approximate surface area is 484 Å². The molecule has 1 spiro atoms. The number of carbonyl (C=O) groups is 9. The number of ether oxygens (including phenoxy) is 5. The standard InChI is InChI=1S/C57H86BrN9O14/c1-34(2)52(67-48(69)14-10-9-11-25-60-51(72)30-58)54(74)66-44(13-12-26-61-55(59)75)53(73)64-42-20-18-41(19-21-42)31-77-56(76)63-33-62-50(71)28-43-29-57(32-78-57)38(6)47(81-43)23-16-35(3)15-22-46-36(4)27-45(39(7)80-46)65-49(70)24-17-37(5)79-40(8)68/h15-21,23-24,34,36-39,43-47,52H,9-14,22,25-33H2,1-8H3,(H,60,72)(H,62,71)(H,63,76)(H,64,73)(H,65,70)(H,66,74)(H,67,69)(H3,59,61,75). The van der Waals surface area contributed by atoms with Crippen LogP contribution < -0.4 is 48.3 Å². The normalized spacial score (nSPS) is 23.6. The number of amides is 9. The molecule has 0 aliphatic carbocycles. The molecule has 11 unspecified atom stereocenters. The highest BCUT2D eigenvalue weighted by atomic mass is 79.9. The van der Waals surface area contributed by atoms with E-state index >= 15 is 0 Å². The number of nitrogens with one attached hydrogen (secondary N) is 8. The van der Waals surface area contributed by atoms with Gasteiger partial charge in [-0.25, -0.2) is 9.59 Å². The molecule has 81 heavy (non-hydrogen) atoms. The average molecular weight is 1200 g/mol. The first-order valence-electron chi connectivity index (χ1n) is 28.0. The third kappa shape index (κ3) is 24.7. The van der Waals surface area contributed by atoms with Crippen molar-refractivity contribution in [3.05, 3.63) is 65.8 Å². The van der Waals surface area contributed by atoms with Crippen LogP contribution in [0.25, 0.3) is 0 Å². The predicted octanol–water partition coefficient (Wildman–Crippen LogP) is 4.72. The molecule has 1 aromatic carbocycles. The number of carbonyl (C=O) groups excluding carboxylic acids is 9. The smallest absolute Gasteiger partial charge is 0.408 e. The maximum Gasteiger partial charge on any atom is 0.408 e. The number of hydrogen-bond donors (Lipinski definition) is 9. The SMILES string of the molecule is CC(=O)OC(C)C=CC(=O)NC1CC(C)C(CC=C(C)C=CC2OC(CC(=O)NCNC(=O)OCc3ccc(NC(=O)C(CCCNC(N)=O)NC(=O)C(NC(=O)CCCCCNC(=O)CBr)C(C)C)cc3)CC3(CO3)C2C)OC1C. The van der Waals surface area contributed by atoms with Gasteiger partial charge in [0, 0.05) is 50.5 Å². The maximum atomic E-state index is 13.6. The number of benzene rings is 1. The fourth-order valence-electron chi connectivity index (χ4n) is 9.45. The molecular formula is C57H86BrN9O14. The van der Waals surface area contributed by atoms with Crippen LogP contribution in [0.15, 0.2) is 60.2 Å². The van der Waals surface area contributed by atoms with Crippen molar-refractivity contribution < 1.29 is 66.8 Å². The summed E-state index contributed by atoms with van der Waals surface area (Å²) in [6.07, 6.45) is 11.4. The molecule has 0 bridgehead atoms. The number of alkyl carbamates (subject to hydrolysis) is 1. The van der Waals surface area contributed by atoms with Crippen LogP contribution in [0, 0.1) is 17.8 Å². The van der Waals surface area contributed by atoms with Crippen LogP contribution in [0.3, 0.4) is 0 Å². The zero-order valence-corrected chi connectivity index (χ0v) is 49.6. The summed E-state index contributed by atoms with van der Waals surface area (Å²) in [6, 6.07) is 3.63. The Bertz CT molecular complexity index is 2380. The summed E-state index contributed by atoms with van der Waals surface area (Å²) in [4.78, 5) is 112. The summed E-state index contributed by atoms with van der Waals surface area (Å²) >= 11 is 3.09. The Morgan fingerprint density at radius 1 is 0.840 bits per heavy atom. The Morgan fingerprint density at radius 3 is 2.22 bits per heavy atom. The molecule has 3 aliphatic rings. The van der Waals surface area contributed by atoms with Crippen LogP contribution in [0.1, 0.15) is 125 Å². The van der Waals surface area contributed by atoms with Gasteiger partial charge in [-0.1, -0.05) is 86.0 Å². The van der Waals surface area contributed by atoms with Gasteiger partial charge in [0.1, 0.15) is 24.8 Å². The quantitative estimate of drug-likeness (QED) is 0.00925. The Hall–Kier alpha value is -6.37. The first-order valence-corrected chi connectivity index (χ1v) is 29.1. The van der Waals surface area contributed by atoms with E-state index in [0.29, 0.717) is 62.9 Å². The lowest BCUT2D eigenvalue weighted by Crippen LogP contribution is -2.54. The van der Waals surface area contributed by atoms with E-state index in [-0.39, 0.29) is 116 Å². The van der Waals surface area contributed by atoms with Gasteiger partial charge >= 0.3 is 18.1 Å². The summed E-state index contributed by atoms with van der Waals surface area (Å²) in [5.41, 5.74) is 6.83. The minimum Gasteiger partial charge on any atom is -0.459 e. The Morgan fingerprint density at radius 2 is 1.56 bits per heavy atom. The van der Waals surface area contributed by atoms with Gasteiger partial charge in [0.15, 0.2) is 0 Å². The molecule has 3 saturated heterocycles. The topological polar surface area (TPSA) is 325 Å². The second-order valence-electron chi connectivity index (χ2n) is 21.5. The lowest BCUT2D eigenvalue weighted by atomic mass is 9.81. The third-order valence-corrected chi connectivity index (χ3v) is 14.8. The number of urea groups is 1. The number of primary amides is 1. The van der Waals surface area contributed by atoms with E-state index in [1.54, 1.807) is 45.0 Å². The Kier molecular flexibility index (Phi) is 28.3. The second kappa shape index (κ2) is 34.2. The molecule has 0 aromatic heterocycles. The first kappa shape index (κ1) is 67.1. The van der Waals surface area contributed by atoms with Crippen molar-refractivity contribution in [2.24, 2.45) is 23.5 Å². The highest BCUT2D eigenvalue weighted by Gasteiger charge is 2.56. The van der Waals surface area contributed by atoms with Crippen molar-refractivity contribution in [2.75, 3.05) is 37.0 Å². The fourth-order valence-corrected chi connectivity index (χ4v) is 9.65. The van der Waals surface area contributed by atoms with E-state index in [1.165, 1.54) is 19.1 Å². The Balaban J connectivity index is 1.19. The average Bonchev–Trinajstić information content (AvgIpc) is 4.24. The highest BCUT2D eigenvalue weighted by Crippen LogP contribution is 2.47. The van der Waals surface area contributed by atoms with Gasteiger partial charge in [0.2, 0.25) is 35.4 Å². The van der Waals surface area contributed by atoms with E-state index in [0.717, 1.165) is 12.0 Å². The van der Waals surface area contributed by atoms with Crippen LogP contribution in [-0.2, 0) is 63.9 Å². The minimum atomic E-state index is -1.04. The summed E-state index contributed by atoms with van der Waals surface area (Å²) in [5.74, 6) is -2.62. The van der Waals surface area contributed by atoms with Gasteiger partial charge in [0.05, 0.1) is 61.1 Å². The van der Waals surface area contributed by atoms with E-state index in [1.807, 2.05) is 26.0 Å². The number of hydrogen-bond acceptors (Lipinski definition) is 14. The van der Waals surface area contributed by atoms with Crippen LogP contribution in [0.2, 0.25) is 0 Å². The zero-order chi connectivity index (χ0) is 59.6. The van der Waals surface area contributed by atoms with Gasteiger partial charge in [0.25, 0.3) is 0 Å². The van der Waals surface area contributed by atoms with Crippen LogP contribution in [0.5, 0.6) is 0 Å². The molecule has 0 radical (unpaired) electrons. The number of halogens is 1. The van der Waals surface area contributed by atoms with Crippen molar-refractivity contribution in [1.29, 1.82) is 0 Å². The number of esters is 1. The molecule has 10 N–H and O–H groups in total. The monoisotopic (exact) mass is 1200 g/mol. The first-order chi connectivity index (χ1) is 38.5. The molecule has 3 heterocycles. The minimum absolute atomic E-state index is 0.0400. The molecule has 24 heteroatoms. The molecule has 1 aromatic rings. The number of nitrogens with two attached hydrogens (primary N) is 1. The van der Waals surface area contributed by atoms with Gasteiger partial charge in [-0.3, -0.25) is 33.6 Å². The van der Waals surface area contributed by atoms with Crippen LogP contribution in [-0.4, -0.2) is 139 Å². The lowest BCUT2D eigenvalue weighted by Gasteiger charge is -2.39. The molecule has 0 saturated carbocycles. The predicted molar refractivity (Wildman–Crippen MR) is 306 cm³/mol. The van der Waals surface area contributed by atoms with Crippen molar-refractivity contribution in [3.63, 3.8) is 0 Å². The maximum absolute atomic E-state index is 13.6. The fraction of sp³-hybridized carbons (Fsp3) is 0.632. The van der Waals surface area contributed by atoms with Crippen molar-refractivity contribution in [1.82, 2.24) is 37.2 Å². The second-order valence-corrected chi connectivity index (χ2v) is 22.1. The summed E-state index contributed by atoms with van der Waals surface area (Å²) in [7, 11) is 0. The number of unbranched alkanes of at least 4 members (excludes halogenated alkanes) is 2. The number of alkyl halides is 1. The van der Waals surface area contributed by atoms with E-state index in [4.69, 9.17) is 29.4 Å². The number of allylic oxidation sites excluding steroid dienone is 2. The number of rotatable bonds is 31. The van der Waals surface area contributed by atoms with Gasteiger partial charge in [-0.15, -0.1) is 0 Å². The van der Waals surface area contributed by atoms with E-state index < -0.39 is 54.2 Å². The molecule has 11 atom stereocenters. The van der Waals surface area contributed by atoms with E-state index in [2.05, 4.69) is 78.4 Å². The largest absolute Gasteiger partial charge is 0.459 e. The molecule has 9 amide bonds. The zero-order valence-electron chi connectivity index (χ0n) is 48.0. The van der Waals surface area contributed by atoms with Crippen molar-refractivity contribution >= 4 is 75.2 Å². The lowest BCUT2D eigenvalue weighted by molar-refractivity contribution is -0.143. The molecule has 4 rings (SSSR count). The van der Waals surface area contributed by atoms with Gasteiger partial charge in [-0.2, -0.15) is 0 Å². The highest BCUT2D eigenvalue weighted by molar-refractivity contribution is 9.09. The van der Waals surface area contributed by atoms with E-state index in [9.17, 15) is 43.2 Å². The molecule has 3 fully saturated rings. The van der Waals surface area contributed by atoms with Crippen molar-refractivity contribution in [2.45, 2.75) is 180 Å². The summed E-state index contributed by atoms with van der Waals surface area (Å²) < 4.78 is 29.1. The number of epoxide rings is 1. The van der Waals surface area contributed by atoms with Gasteiger partial charge < -0.3 is 72.0 Å². The molecular weight excluding hydrogens is 1110 g/mol. The molecule has 450 valence electrons. The number of anilines is 1. The third-order valence-electron chi connectivity index (χ3n) is 14.3. The molecule has 3 aliphatic heterocycles. The van der Waals surface area contributed by atoms with Crippen LogP contribution in [0.4, 0.5) is 15.3 Å². The van der Waals surface area contributed by atoms with Crippen molar-refractivity contribution in [3.8, 4) is 0 Å². The summed E-state index contributed by atoms with van der Waals surface area (Å²) in [6.45, 7) is 15.6. The van der Waals surface area contributed by atoms with Crippen LogP contribution >= 0.6 is 15.9 Å².